The normalized spacial score (nSPS) is 28.8. The summed E-state index contributed by atoms with van der Waals surface area (Å²) in [6.45, 7) is 5.99. The molecule has 39 heavy (non-hydrogen) atoms. The van der Waals surface area contributed by atoms with Crippen molar-refractivity contribution in [3.8, 4) is 5.88 Å². The van der Waals surface area contributed by atoms with E-state index >= 15 is 4.39 Å². The summed E-state index contributed by atoms with van der Waals surface area (Å²) >= 11 is 0.917. The number of hydrogen-bond acceptors (Lipinski definition) is 14. The van der Waals surface area contributed by atoms with Crippen molar-refractivity contribution in [2.24, 2.45) is 5.41 Å². The largest absolute Gasteiger partial charge is 0.492 e. The molecule has 2 saturated heterocycles. The van der Waals surface area contributed by atoms with Crippen LogP contribution in [-0.4, -0.2) is 85.8 Å². The van der Waals surface area contributed by atoms with Crippen LogP contribution in [0.1, 0.15) is 33.9 Å². The number of nitrogens with two attached hydrogens (primary N) is 1. The maximum absolute atomic E-state index is 16.1. The van der Waals surface area contributed by atoms with E-state index in [9.17, 15) is 19.3 Å². The van der Waals surface area contributed by atoms with Crippen molar-refractivity contribution in [3.63, 3.8) is 0 Å². The van der Waals surface area contributed by atoms with Crippen molar-refractivity contribution in [1.82, 2.24) is 24.8 Å². The van der Waals surface area contributed by atoms with Gasteiger partial charge in [0.1, 0.15) is 12.2 Å². The van der Waals surface area contributed by atoms with E-state index < -0.39 is 49.3 Å². The minimum absolute atomic E-state index is 0.00320. The lowest BCUT2D eigenvalue weighted by molar-refractivity contribution is -0.117. The van der Waals surface area contributed by atoms with Crippen LogP contribution < -0.4 is 11.1 Å². The smallest absolute Gasteiger partial charge is 0.475 e. The first-order valence-electron chi connectivity index (χ1n) is 12.0. The van der Waals surface area contributed by atoms with Crippen molar-refractivity contribution in [2.45, 2.75) is 51.8 Å². The zero-order valence-corrected chi connectivity index (χ0v) is 23.4. The molecule has 5 atom stereocenters. The second-order valence-corrected chi connectivity index (χ2v) is 12.3. The number of aromatic hydroxyl groups is 1. The number of fused-ring (bicyclic) bond motifs is 2. The Morgan fingerprint density at radius 1 is 1.44 bits per heavy atom. The molecule has 2 aliphatic heterocycles. The van der Waals surface area contributed by atoms with Gasteiger partial charge in [-0.1, -0.05) is 25.6 Å². The highest BCUT2D eigenvalue weighted by atomic mass is 32.2. The summed E-state index contributed by atoms with van der Waals surface area (Å²) in [4.78, 5) is 35.7. The highest BCUT2D eigenvalue weighted by Crippen LogP contribution is 2.59. The van der Waals surface area contributed by atoms with E-state index in [0.29, 0.717) is 0 Å². The highest BCUT2D eigenvalue weighted by Gasteiger charge is 2.61. The number of hydrogen-bond donors (Lipinski definition) is 3. The number of anilines is 1. The number of amides is 1. The summed E-state index contributed by atoms with van der Waals surface area (Å²) in [6, 6.07) is 0. The van der Waals surface area contributed by atoms with Gasteiger partial charge in [0, 0.05) is 12.3 Å². The number of nitrogens with one attached hydrogen (secondary N) is 1. The van der Waals surface area contributed by atoms with Gasteiger partial charge in [-0.25, -0.2) is 18.7 Å². The number of thioether (sulfide) groups is 1. The van der Waals surface area contributed by atoms with Crippen molar-refractivity contribution < 1.29 is 46.7 Å². The van der Waals surface area contributed by atoms with Gasteiger partial charge in [-0.2, -0.15) is 9.97 Å². The van der Waals surface area contributed by atoms with Crippen molar-refractivity contribution in [2.75, 3.05) is 37.9 Å². The standard InChI is InChI=1S/C21H30FN6O9PS/c1-5-33-19(31)24-9-20(2,3)17(30)39-7-6-34-38(32)35-8-11-13(37-38)21(4,22)16(36-11)28-10-25-12-14(28)26-18(23)27-15(12)29/h10-11,13,16H,5-9H2,1-4H3,(H,24,31)(H3,23,26,27,29)/t11-,13-,16-,21-,38?/m1/s1. The Morgan fingerprint density at radius 3 is 2.90 bits per heavy atom. The zero-order valence-electron chi connectivity index (χ0n) is 21.7. The fourth-order valence-corrected chi connectivity index (χ4v) is 6.43. The molecular weight excluding hydrogens is 562 g/mol. The van der Waals surface area contributed by atoms with Crippen molar-refractivity contribution >= 4 is 47.9 Å². The molecule has 0 radical (unpaired) electrons. The second kappa shape index (κ2) is 11.1. The molecule has 4 rings (SSSR count). The van der Waals surface area contributed by atoms with Gasteiger partial charge in [-0.3, -0.25) is 22.9 Å². The third kappa shape index (κ3) is 6.12. The number of phosphoric acid groups is 1. The number of rotatable bonds is 9. The summed E-state index contributed by atoms with van der Waals surface area (Å²) in [5.74, 6) is -0.616. The van der Waals surface area contributed by atoms with Gasteiger partial charge in [-0.05, 0) is 13.8 Å². The van der Waals surface area contributed by atoms with E-state index in [0.717, 1.165) is 11.8 Å². The molecule has 0 aromatic carbocycles. The van der Waals surface area contributed by atoms with Gasteiger partial charge >= 0.3 is 13.9 Å². The minimum atomic E-state index is -4.19. The predicted octanol–water partition coefficient (Wildman–Crippen LogP) is 2.31. The number of nitrogen functional groups attached to an aromatic ring is 1. The van der Waals surface area contributed by atoms with Crippen LogP contribution in [0.3, 0.4) is 0 Å². The molecule has 0 bridgehead atoms. The number of alkyl halides is 1. The van der Waals surface area contributed by atoms with Crippen LogP contribution in [0.25, 0.3) is 11.2 Å². The van der Waals surface area contributed by atoms with Gasteiger partial charge in [0.05, 0.1) is 31.6 Å². The number of phosphoric ester groups is 1. The van der Waals surface area contributed by atoms with Crippen molar-refractivity contribution in [3.05, 3.63) is 6.33 Å². The van der Waals surface area contributed by atoms with Gasteiger partial charge < -0.3 is 25.6 Å². The number of ether oxygens (including phenoxy) is 2. The molecule has 0 spiro atoms. The summed E-state index contributed by atoms with van der Waals surface area (Å²) in [6.07, 6.45) is -3.02. The summed E-state index contributed by atoms with van der Waals surface area (Å²) in [5, 5.41) is 12.3. The molecule has 4 heterocycles. The minimum Gasteiger partial charge on any atom is -0.492 e. The number of imidazole rings is 1. The number of halogens is 1. The Morgan fingerprint density at radius 2 is 2.18 bits per heavy atom. The van der Waals surface area contributed by atoms with Gasteiger partial charge in [-0.15, -0.1) is 0 Å². The van der Waals surface area contributed by atoms with Crippen LogP contribution in [-0.2, 0) is 32.4 Å². The van der Waals surface area contributed by atoms with Gasteiger partial charge in [0.2, 0.25) is 11.8 Å². The first-order chi connectivity index (χ1) is 18.3. The highest BCUT2D eigenvalue weighted by molar-refractivity contribution is 8.13. The fraction of sp³-hybridized carbons (Fsp3) is 0.667. The van der Waals surface area contributed by atoms with Crippen LogP contribution in [0.5, 0.6) is 5.88 Å². The molecule has 0 saturated carbocycles. The zero-order chi connectivity index (χ0) is 28.6. The van der Waals surface area contributed by atoms with E-state index in [1.807, 2.05) is 0 Å². The van der Waals surface area contributed by atoms with Gasteiger partial charge in [0.25, 0.3) is 0 Å². The molecular formula is C21H30FN6O9PS. The third-order valence-corrected chi connectivity index (χ3v) is 8.70. The SMILES string of the molecule is CCOC(=O)NCC(C)(C)C(=O)SCCOP1(=O)OC[C@H]2O[C@@H](n3cnc4c(O)nc(N)nc43)[C@](C)(F)[C@@H]2O1. The first kappa shape index (κ1) is 29.4. The van der Waals surface area contributed by atoms with Gasteiger partial charge in [0.15, 0.2) is 28.2 Å². The van der Waals surface area contributed by atoms with Crippen LogP contribution >= 0.6 is 19.6 Å². The Labute approximate surface area is 226 Å². The topological polar surface area (TPSA) is 199 Å². The molecule has 4 N–H and O–H groups in total. The monoisotopic (exact) mass is 592 g/mol. The summed E-state index contributed by atoms with van der Waals surface area (Å²) < 4.78 is 57.1. The fourth-order valence-electron chi connectivity index (χ4n) is 4.03. The van der Waals surface area contributed by atoms with E-state index in [-0.39, 0.29) is 54.3 Å². The number of alkyl carbamates (subject to hydrolysis) is 1. The first-order valence-corrected chi connectivity index (χ1v) is 14.4. The molecule has 2 aromatic rings. The lowest BCUT2D eigenvalue weighted by Crippen LogP contribution is -2.44. The molecule has 1 amide bonds. The summed E-state index contributed by atoms with van der Waals surface area (Å²) in [7, 11) is -4.19. The summed E-state index contributed by atoms with van der Waals surface area (Å²) in [5.41, 5.74) is 2.49. The maximum atomic E-state index is 16.1. The number of aromatic nitrogens is 4. The number of nitrogens with zero attached hydrogens (tertiary/aromatic N) is 4. The molecule has 18 heteroatoms. The lowest BCUT2D eigenvalue weighted by Gasteiger charge is -2.33. The lowest BCUT2D eigenvalue weighted by atomic mass is 9.96. The van der Waals surface area contributed by atoms with Crippen LogP contribution in [0.2, 0.25) is 0 Å². The third-order valence-electron chi connectivity index (χ3n) is 6.06. The molecule has 2 aliphatic rings. The Balaban J connectivity index is 1.34. The Bertz CT molecular complexity index is 1290. The molecule has 216 valence electrons. The number of carbonyl (C=O) groups is 2. The Kier molecular flexibility index (Phi) is 8.40. The van der Waals surface area contributed by atoms with E-state index in [1.165, 1.54) is 17.8 Å². The van der Waals surface area contributed by atoms with E-state index in [1.54, 1.807) is 20.8 Å². The molecule has 2 aromatic heterocycles. The molecule has 2 fully saturated rings. The van der Waals surface area contributed by atoms with Crippen molar-refractivity contribution in [1.29, 1.82) is 0 Å². The van der Waals surface area contributed by atoms with E-state index in [2.05, 4.69) is 20.3 Å². The molecule has 15 nitrogen and oxygen atoms in total. The number of carbonyl (C=O) groups excluding carboxylic acids is 2. The van der Waals surface area contributed by atoms with Crippen LogP contribution in [0.15, 0.2) is 6.33 Å². The molecule has 1 unspecified atom stereocenters. The van der Waals surface area contributed by atoms with Crippen LogP contribution in [0.4, 0.5) is 15.1 Å². The average Bonchev–Trinajstić information content (AvgIpc) is 3.38. The Hall–Kier alpha value is -2.56. The predicted molar refractivity (Wildman–Crippen MR) is 135 cm³/mol. The molecule has 0 aliphatic carbocycles. The van der Waals surface area contributed by atoms with E-state index in [4.69, 9.17) is 28.8 Å². The average molecular weight is 593 g/mol. The van der Waals surface area contributed by atoms with Crippen LogP contribution in [0, 0.1) is 5.41 Å². The maximum Gasteiger partial charge on any atom is 0.475 e. The quantitative estimate of drug-likeness (QED) is 0.283. The second-order valence-electron chi connectivity index (χ2n) is 9.60.